The van der Waals surface area contributed by atoms with Crippen molar-refractivity contribution in [1.29, 1.82) is 0 Å². The normalized spacial score (nSPS) is 11.2. The van der Waals surface area contributed by atoms with Crippen LogP contribution >= 0.6 is 0 Å². The Kier molecular flexibility index (Phi) is 5.22. The summed E-state index contributed by atoms with van der Waals surface area (Å²) in [7, 11) is 0. The van der Waals surface area contributed by atoms with Gasteiger partial charge in [0, 0.05) is 0 Å². The first kappa shape index (κ1) is 16.2. The lowest BCUT2D eigenvalue weighted by Crippen LogP contribution is -2.39. The van der Waals surface area contributed by atoms with Crippen LogP contribution in [0.2, 0.25) is 0 Å². The molecule has 0 saturated heterocycles. The van der Waals surface area contributed by atoms with Gasteiger partial charge in [0.05, 0.1) is 6.61 Å². The van der Waals surface area contributed by atoms with Crippen LogP contribution in [0.1, 0.15) is 16.7 Å². The van der Waals surface area contributed by atoms with Crippen LogP contribution in [-0.2, 0) is 10.4 Å². The van der Waals surface area contributed by atoms with Gasteiger partial charge in [-0.2, -0.15) is 0 Å². The zero-order chi connectivity index (χ0) is 16.7. The summed E-state index contributed by atoms with van der Waals surface area (Å²) >= 11 is 0. The molecule has 1 radical (unpaired) electrons. The van der Waals surface area contributed by atoms with Crippen molar-refractivity contribution in [3.63, 3.8) is 0 Å². The van der Waals surface area contributed by atoms with Gasteiger partial charge in [-0.1, -0.05) is 103 Å². The summed E-state index contributed by atoms with van der Waals surface area (Å²) in [6.45, 7) is 4.08. The third-order valence-corrected chi connectivity index (χ3v) is 3.97. The molecule has 0 unspecified atom stereocenters. The average molecular weight is 314 g/mol. The first-order chi connectivity index (χ1) is 11.9. The number of benzene rings is 3. The Morgan fingerprint density at radius 2 is 1.08 bits per heavy atom. The molecule has 2 heteroatoms. The fraction of sp³-hybridized carbons (Fsp3) is 0.0909. The Morgan fingerprint density at radius 1 is 0.708 bits per heavy atom. The molecule has 0 spiro atoms. The zero-order valence-corrected chi connectivity index (χ0v) is 13.5. The molecule has 24 heavy (non-hydrogen) atoms. The van der Waals surface area contributed by atoms with Gasteiger partial charge in [0.2, 0.25) is 0 Å². The number of nitrogens with zero attached hydrogens (tertiary/aromatic N) is 1. The predicted molar refractivity (Wildman–Crippen MR) is 97.5 cm³/mol. The smallest absolute Gasteiger partial charge is 0.140 e. The van der Waals surface area contributed by atoms with Gasteiger partial charge in [-0.05, 0) is 16.7 Å². The highest BCUT2D eigenvalue weighted by molar-refractivity contribution is 5.48. The molecule has 0 aromatic heterocycles. The lowest BCUT2D eigenvalue weighted by Gasteiger charge is -2.34. The van der Waals surface area contributed by atoms with Gasteiger partial charge < -0.3 is 0 Å². The molecule has 0 heterocycles. The van der Waals surface area contributed by atoms with E-state index in [1.807, 2.05) is 54.6 Å². The standard InChI is InChI=1S/C22H20NO/c1-2-18-24-23-22(19-12-6-3-7-13-19,20-14-8-4-9-15-20)21-16-10-5-11-17-21/h2-17H,1,18H2. The highest BCUT2D eigenvalue weighted by Gasteiger charge is 2.38. The molecule has 3 aromatic carbocycles. The molecular formula is C22H20NO. The van der Waals surface area contributed by atoms with Crippen molar-refractivity contribution in [3.05, 3.63) is 120 Å². The molecule has 0 atom stereocenters. The SMILES string of the molecule is C=CCO[N]C(c1ccccc1)(c1ccccc1)c1ccccc1. The second kappa shape index (κ2) is 7.73. The molecule has 0 aliphatic rings. The average Bonchev–Trinajstić information content (AvgIpc) is 2.68. The Labute approximate surface area is 143 Å². The zero-order valence-electron chi connectivity index (χ0n) is 13.5. The van der Waals surface area contributed by atoms with E-state index in [9.17, 15) is 0 Å². The summed E-state index contributed by atoms with van der Waals surface area (Å²) in [6, 6.07) is 30.7. The number of hydrogen-bond donors (Lipinski definition) is 0. The lowest BCUT2D eigenvalue weighted by molar-refractivity contribution is 0.00916. The van der Waals surface area contributed by atoms with Crippen LogP contribution < -0.4 is 5.48 Å². The minimum absolute atomic E-state index is 0.369. The minimum Gasteiger partial charge on any atom is -0.276 e. The first-order valence-electron chi connectivity index (χ1n) is 7.99. The van der Waals surface area contributed by atoms with Crippen LogP contribution in [0.4, 0.5) is 0 Å². The van der Waals surface area contributed by atoms with Gasteiger partial charge in [0.1, 0.15) is 5.54 Å². The fourth-order valence-corrected chi connectivity index (χ4v) is 2.88. The van der Waals surface area contributed by atoms with Crippen molar-refractivity contribution in [2.75, 3.05) is 6.61 Å². The molecule has 0 fully saturated rings. The number of hydroxylamine groups is 1. The van der Waals surface area contributed by atoms with Crippen molar-refractivity contribution < 1.29 is 4.84 Å². The van der Waals surface area contributed by atoms with E-state index in [1.54, 1.807) is 6.08 Å². The van der Waals surface area contributed by atoms with Gasteiger partial charge in [-0.15, -0.1) is 6.58 Å². The van der Waals surface area contributed by atoms with Crippen molar-refractivity contribution in [2.45, 2.75) is 5.54 Å². The molecule has 3 aromatic rings. The van der Waals surface area contributed by atoms with Gasteiger partial charge in [0.15, 0.2) is 0 Å². The maximum atomic E-state index is 5.62. The Hall–Kier alpha value is -2.68. The number of hydrogen-bond acceptors (Lipinski definition) is 1. The number of rotatable bonds is 7. The van der Waals surface area contributed by atoms with E-state index in [-0.39, 0.29) is 0 Å². The summed E-state index contributed by atoms with van der Waals surface area (Å²) in [5.74, 6) is 0. The molecular weight excluding hydrogens is 294 g/mol. The van der Waals surface area contributed by atoms with Crippen molar-refractivity contribution in [3.8, 4) is 0 Å². The molecule has 119 valence electrons. The van der Waals surface area contributed by atoms with Crippen molar-refractivity contribution >= 4 is 0 Å². The maximum Gasteiger partial charge on any atom is 0.140 e. The van der Waals surface area contributed by atoms with Gasteiger partial charge in [0.25, 0.3) is 0 Å². The van der Waals surface area contributed by atoms with E-state index in [0.29, 0.717) is 6.61 Å². The summed E-state index contributed by atoms with van der Waals surface area (Å²) < 4.78 is 0. The lowest BCUT2D eigenvalue weighted by atomic mass is 9.78. The summed E-state index contributed by atoms with van der Waals surface area (Å²) in [6.07, 6.45) is 1.70. The van der Waals surface area contributed by atoms with Gasteiger partial charge in [-0.3, -0.25) is 4.84 Å². The third-order valence-electron chi connectivity index (χ3n) is 3.97. The van der Waals surface area contributed by atoms with Crippen molar-refractivity contribution in [2.24, 2.45) is 0 Å². The Balaban J connectivity index is 2.22. The highest BCUT2D eigenvalue weighted by atomic mass is 16.6. The maximum absolute atomic E-state index is 5.62. The molecule has 0 aliphatic carbocycles. The largest absolute Gasteiger partial charge is 0.276 e. The fourth-order valence-electron chi connectivity index (χ4n) is 2.88. The third kappa shape index (κ3) is 3.16. The van der Waals surface area contributed by atoms with E-state index >= 15 is 0 Å². The monoisotopic (exact) mass is 314 g/mol. The molecule has 0 N–H and O–H groups in total. The van der Waals surface area contributed by atoms with Gasteiger partial charge in [-0.25, -0.2) is 0 Å². The summed E-state index contributed by atoms with van der Waals surface area (Å²) in [5.41, 5.74) is 7.15. The topological polar surface area (TPSA) is 23.3 Å². The second-order valence-corrected chi connectivity index (χ2v) is 5.48. The van der Waals surface area contributed by atoms with Crippen LogP contribution in [0.25, 0.3) is 0 Å². The quantitative estimate of drug-likeness (QED) is 0.268. The molecule has 2 nitrogen and oxygen atoms in total. The van der Waals surface area contributed by atoms with Crippen molar-refractivity contribution in [1.82, 2.24) is 5.48 Å². The predicted octanol–water partition coefficient (Wildman–Crippen LogP) is 4.70. The summed E-state index contributed by atoms with van der Waals surface area (Å²) in [4.78, 5) is 5.62. The Morgan fingerprint density at radius 3 is 1.42 bits per heavy atom. The minimum atomic E-state index is -0.715. The molecule has 3 rings (SSSR count). The second-order valence-electron chi connectivity index (χ2n) is 5.48. The first-order valence-corrected chi connectivity index (χ1v) is 7.99. The molecule has 0 bridgehead atoms. The van der Waals surface area contributed by atoms with E-state index in [0.717, 1.165) is 16.7 Å². The van der Waals surface area contributed by atoms with Crippen LogP contribution in [0, 0.1) is 0 Å². The Bertz CT molecular complexity index is 657. The summed E-state index contributed by atoms with van der Waals surface area (Å²) in [5, 5.41) is 0. The van der Waals surface area contributed by atoms with Crippen LogP contribution in [0.3, 0.4) is 0 Å². The highest BCUT2D eigenvalue weighted by Crippen LogP contribution is 2.37. The van der Waals surface area contributed by atoms with Crippen LogP contribution in [0.5, 0.6) is 0 Å². The molecule has 0 aliphatic heterocycles. The van der Waals surface area contributed by atoms with Gasteiger partial charge >= 0.3 is 0 Å². The van der Waals surface area contributed by atoms with Crippen LogP contribution in [-0.4, -0.2) is 6.61 Å². The van der Waals surface area contributed by atoms with E-state index in [1.165, 1.54) is 0 Å². The van der Waals surface area contributed by atoms with E-state index < -0.39 is 5.54 Å². The van der Waals surface area contributed by atoms with Crippen LogP contribution in [0.15, 0.2) is 104 Å². The molecule has 0 amide bonds. The molecule has 0 saturated carbocycles. The van der Waals surface area contributed by atoms with E-state index in [2.05, 4.69) is 48.5 Å². The van der Waals surface area contributed by atoms with E-state index in [4.69, 9.17) is 4.84 Å².